The van der Waals surface area contributed by atoms with E-state index in [0.717, 1.165) is 5.56 Å². The number of thioether (sulfide) groups is 1. The lowest BCUT2D eigenvalue weighted by Gasteiger charge is -2.09. The van der Waals surface area contributed by atoms with Crippen molar-refractivity contribution < 1.29 is 4.79 Å². The first-order valence-electron chi connectivity index (χ1n) is 5.88. The number of carbonyl (C=O) groups is 1. The summed E-state index contributed by atoms with van der Waals surface area (Å²) in [4.78, 5) is 23.0. The lowest BCUT2D eigenvalue weighted by Crippen LogP contribution is -2.16. The first-order chi connectivity index (χ1) is 9.49. The normalized spacial score (nSPS) is 10.5. The number of anilines is 2. The van der Waals surface area contributed by atoms with E-state index in [1.54, 1.807) is 25.2 Å². The van der Waals surface area contributed by atoms with Crippen LogP contribution in [0.3, 0.4) is 0 Å². The number of nitrogens with one attached hydrogen (secondary N) is 2. The number of H-pyrrole nitrogens is 1. The highest BCUT2D eigenvalue weighted by Gasteiger charge is 2.10. The number of carbonyl (C=O) groups excluding carboxylic acids is 1. The first-order valence-corrected chi connectivity index (χ1v) is 6.86. The Balaban J connectivity index is 1.98. The van der Waals surface area contributed by atoms with Crippen LogP contribution < -0.4 is 16.7 Å². The van der Waals surface area contributed by atoms with Gasteiger partial charge in [0.05, 0.1) is 5.75 Å². The lowest BCUT2D eigenvalue weighted by atomic mass is 10.1. The van der Waals surface area contributed by atoms with Crippen molar-refractivity contribution in [2.75, 3.05) is 16.8 Å². The maximum Gasteiger partial charge on any atom is 0.343 e. The van der Waals surface area contributed by atoms with Gasteiger partial charge in [0, 0.05) is 18.4 Å². The lowest BCUT2D eigenvalue weighted by molar-refractivity contribution is -0.113. The molecule has 1 aromatic heterocycles. The summed E-state index contributed by atoms with van der Waals surface area (Å²) in [5, 5.41) is 9.38. The average molecular weight is 293 g/mol. The number of hydrogen-bond donors (Lipinski definition) is 3. The monoisotopic (exact) mass is 293 g/mol. The molecule has 0 aliphatic rings. The van der Waals surface area contributed by atoms with Gasteiger partial charge < -0.3 is 11.1 Å². The maximum absolute atomic E-state index is 11.9. The molecule has 1 heterocycles. The fourth-order valence-corrected chi connectivity index (χ4v) is 2.29. The van der Waals surface area contributed by atoms with Gasteiger partial charge in [0.1, 0.15) is 0 Å². The van der Waals surface area contributed by atoms with Crippen LogP contribution in [-0.2, 0) is 11.8 Å². The summed E-state index contributed by atoms with van der Waals surface area (Å²) in [6, 6.07) is 5.35. The van der Waals surface area contributed by atoms with Gasteiger partial charge in [-0.15, -0.1) is 5.10 Å². The van der Waals surface area contributed by atoms with Crippen LogP contribution in [-0.4, -0.2) is 26.4 Å². The van der Waals surface area contributed by atoms with E-state index in [0.29, 0.717) is 16.5 Å². The maximum atomic E-state index is 11.9. The molecule has 0 atom stereocenters. The number of nitrogens with two attached hydrogens (primary N) is 1. The molecule has 106 valence electrons. The molecule has 0 saturated carbocycles. The second-order valence-electron chi connectivity index (χ2n) is 4.23. The van der Waals surface area contributed by atoms with Crippen LogP contribution in [0.25, 0.3) is 0 Å². The van der Waals surface area contributed by atoms with Crippen molar-refractivity contribution in [1.29, 1.82) is 0 Å². The van der Waals surface area contributed by atoms with Crippen molar-refractivity contribution in [2.45, 2.75) is 12.1 Å². The van der Waals surface area contributed by atoms with Crippen LogP contribution in [0.4, 0.5) is 11.4 Å². The smallest absolute Gasteiger partial charge is 0.343 e. The molecule has 7 nitrogen and oxygen atoms in total. The summed E-state index contributed by atoms with van der Waals surface area (Å²) in [5.41, 5.74) is 7.62. The summed E-state index contributed by atoms with van der Waals surface area (Å²) in [7, 11) is 1.59. The zero-order valence-corrected chi connectivity index (χ0v) is 12.0. The molecule has 4 N–H and O–H groups in total. The van der Waals surface area contributed by atoms with Crippen LogP contribution in [0, 0.1) is 6.92 Å². The van der Waals surface area contributed by atoms with E-state index in [1.165, 1.54) is 16.3 Å². The van der Waals surface area contributed by atoms with Crippen molar-refractivity contribution >= 4 is 29.0 Å². The summed E-state index contributed by atoms with van der Waals surface area (Å²) >= 11 is 1.18. The van der Waals surface area contributed by atoms with Gasteiger partial charge in [-0.1, -0.05) is 17.8 Å². The molecular weight excluding hydrogens is 278 g/mol. The van der Waals surface area contributed by atoms with Crippen LogP contribution in [0.15, 0.2) is 28.2 Å². The Morgan fingerprint density at radius 1 is 1.55 bits per heavy atom. The van der Waals surface area contributed by atoms with Gasteiger partial charge in [0.15, 0.2) is 5.16 Å². The van der Waals surface area contributed by atoms with E-state index in [-0.39, 0.29) is 17.3 Å². The highest BCUT2D eigenvalue weighted by Crippen LogP contribution is 2.21. The van der Waals surface area contributed by atoms with Gasteiger partial charge >= 0.3 is 5.69 Å². The predicted molar refractivity (Wildman–Crippen MR) is 78.8 cm³/mol. The van der Waals surface area contributed by atoms with E-state index in [4.69, 9.17) is 5.73 Å². The summed E-state index contributed by atoms with van der Waals surface area (Å²) < 4.78 is 1.35. The third kappa shape index (κ3) is 3.02. The Morgan fingerprint density at radius 2 is 2.30 bits per heavy atom. The molecule has 0 aliphatic carbocycles. The Hall–Kier alpha value is -2.22. The van der Waals surface area contributed by atoms with Crippen LogP contribution in [0.1, 0.15) is 5.56 Å². The fraction of sp³-hybridized carbons (Fsp3) is 0.250. The van der Waals surface area contributed by atoms with E-state index in [2.05, 4.69) is 15.5 Å². The quantitative estimate of drug-likeness (QED) is 0.569. The molecule has 0 radical (unpaired) electrons. The third-order valence-corrected chi connectivity index (χ3v) is 3.85. The Morgan fingerprint density at radius 3 is 2.95 bits per heavy atom. The fourth-order valence-electron chi connectivity index (χ4n) is 1.57. The molecule has 0 bridgehead atoms. The summed E-state index contributed by atoms with van der Waals surface area (Å²) in [5.74, 6) is -0.0222. The Bertz CT molecular complexity index is 691. The standard InChI is InChI=1S/C12H15N5O2S/c1-7-8(13)4-3-5-9(7)14-10(18)6-20-12-16-15-11(19)17(12)2/h3-5H,6,13H2,1-2H3,(H,14,18)(H,15,19). The van der Waals surface area contributed by atoms with Crippen LogP contribution in [0.2, 0.25) is 0 Å². The number of benzene rings is 1. The van der Waals surface area contributed by atoms with Crippen molar-refractivity contribution in [1.82, 2.24) is 14.8 Å². The number of nitrogen functional groups attached to an aromatic ring is 1. The Labute approximate surface area is 119 Å². The van der Waals surface area contributed by atoms with E-state index < -0.39 is 0 Å². The highest BCUT2D eigenvalue weighted by atomic mass is 32.2. The van der Waals surface area contributed by atoms with Crippen molar-refractivity contribution in [3.05, 3.63) is 34.2 Å². The molecule has 8 heteroatoms. The molecule has 0 fully saturated rings. The van der Waals surface area contributed by atoms with Gasteiger partial charge in [0.25, 0.3) is 0 Å². The van der Waals surface area contributed by atoms with Crippen LogP contribution >= 0.6 is 11.8 Å². The van der Waals surface area contributed by atoms with Crippen LogP contribution in [0.5, 0.6) is 0 Å². The number of rotatable bonds is 4. The van der Waals surface area contributed by atoms with Crippen molar-refractivity contribution in [3.8, 4) is 0 Å². The molecular formula is C12H15N5O2S. The number of hydrogen-bond acceptors (Lipinski definition) is 5. The topological polar surface area (TPSA) is 106 Å². The van der Waals surface area contributed by atoms with Gasteiger partial charge in [-0.25, -0.2) is 9.89 Å². The Kier molecular flexibility index (Phi) is 4.14. The number of nitrogens with zero attached hydrogens (tertiary/aromatic N) is 2. The van der Waals surface area contributed by atoms with E-state index >= 15 is 0 Å². The minimum atomic E-state index is -0.306. The van der Waals surface area contributed by atoms with Crippen molar-refractivity contribution in [2.24, 2.45) is 7.05 Å². The molecule has 0 aliphatic heterocycles. The minimum Gasteiger partial charge on any atom is -0.398 e. The molecule has 1 aromatic carbocycles. The third-order valence-electron chi connectivity index (χ3n) is 2.82. The molecule has 0 saturated heterocycles. The predicted octanol–water partition coefficient (Wildman–Crippen LogP) is 0.730. The van der Waals surface area contributed by atoms with Gasteiger partial charge in [-0.2, -0.15) is 0 Å². The number of aromatic nitrogens is 3. The van der Waals surface area contributed by atoms with E-state index in [1.807, 2.05) is 6.92 Å². The van der Waals surface area contributed by atoms with Gasteiger partial charge in [0.2, 0.25) is 5.91 Å². The largest absolute Gasteiger partial charge is 0.398 e. The molecule has 0 spiro atoms. The zero-order valence-electron chi connectivity index (χ0n) is 11.1. The highest BCUT2D eigenvalue weighted by molar-refractivity contribution is 7.99. The SMILES string of the molecule is Cc1c(N)cccc1NC(=O)CSc1n[nH]c(=O)n1C. The van der Waals surface area contributed by atoms with E-state index in [9.17, 15) is 9.59 Å². The number of amides is 1. The molecule has 0 unspecified atom stereocenters. The molecule has 2 rings (SSSR count). The summed E-state index contributed by atoms with van der Waals surface area (Å²) in [6.07, 6.45) is 0. The zero-order chi connectivity index (χ0) is 14.7. The van der Waals surface area contributed by atoms with Crippen molar-refractivity contribution in [3.63, 3.8) is 0 Å². The number of aromatic amines is 1. The molecule has 2 aromatic rings. The molecule has 20 heavy (non-hydrogen) atoms. The van der Waals surface area contributed by atoms with Gasteiger partial charge in [-0.3, -0.25) is 9.36 Å². The molecule has 1 amide bonds. The average Bonchev–Trinajstić information content (AvgIpc) is 2.73. The second kappa shape index (κ2) is 5.83. The first kappa shape index (κ1) is 14.2. The van der Waals surface area contributed by atoms with Gasteiger partial charge in [-0.05, 0) is 24.6 Å². The minimum absolute atomic E-state index is 0.159. The second-order valence-corrected chi connectivity index (χ2v) is 5.17. The summed E-state index contributed by atoms with van der Waals surface area (Å²) in [6.45, 7) is 1.84.